The lowest BCUT2D eigenvalue weighted by atomic mass is 10.1. The molecule has 1 aliphatic heterocycles. The van der Waals surface area contributed by atoms with Gasteiger partial charge >= 0.3 is 0 Å². The van der Waals surface area contributed by atoms with Crippen molar-refractivity contribution in [3.63, 3.8) is 0 Å². The van der Waals surface area contributed by atoms with E-state index in [0.29, 0.717) is 16.3 Å². The summed E-state index contributed by atoms with van der Waals surface area (Å²) in [5.41, 5.74) is 1.09. The summed E-state index contributed by atoms with van der Waals surface area (Å²) in [7, 11) is 3.24. The van der Waals surface area contributed by atoms with Crippen LogP contribution in [0.3, 0.4) is 0 Å². The standard InChI is InChI=1S/C22H22F2N4O4S/c1-28-10-18-21(19(28)22(29)26-13-6-7-14(23)15(24)9-13)31-11-17(27-33-18)20(32-12-30-2)16-5-3-4-8-25-16/h3-10,17,20,27H,11-12H2,1-2H3,(H,26,29). The molecule has 11 heteroatoms. The van der Waals surface area contributed by atoms with Crippen LogP contribution in [0.15, 0.2) is 53.7 Å². The first-order chi connectivity index (χ1) is 16.0. The molecule has 3 heterocycles. The molecule has 0 fully saturated rings. The van der Waals surface area contributed by atoms with Crippen molar-refractivity contribution in [2.24, 2.45) is 7.05 Å². The van der Waals surface area contributed by atoms with Gasteiger partial charge in [-0.1, -0.05) is 6.07 Å². The Balaban J connectivity index is 1.54. The number of nitrogens with zero attached hydrogens (tertiary/aromatic N) is 2. The molecular weight excluding hydrogens is 454 g/mol. The summed E-state index contributed by atoms with van der Waals surface area (Å²) in [4.78, 5) is 18.0. The van der Waals surface area contributed by atoms with Crippen LogP contribution < -0.4 is 14.8 Å². The number of hydrogen-bond donors (Lipinski definition) is 2. The van der Waals surface area contributed by atoms with Gasteiger partial charge in [0.05, 0.1) is 16.6 Å². The zero-order valence-electron chi connectivity index (χ0n) is 17.9. The second-order valence-electron chi connectivity index (χ2n) is 7.25. The molecule has 1 aromatic carbocycles. The van der Waals surface area contributed by atoms with Gasteiger partial charge in [-0.15, -0.1) is 0 Å². The van der Waals surface area contributed by atoms with Gasteiger partial charge in [-0.2, -0.15) is 0 Å². The molecule has 8 nitrogen and oxygen atoms in total. The molecule has 2 aromatic heterocycles. The van der Waals surface area contributed by atoms with E-state index >= 15 is 0 Å². The Morgan fingerprint density at radius 2 is 2.21 bits per heavy atom. The number of anilines is 1. The highest BCUT2D eigenvalue weighted by Crippen LogP contribution is 2.37. The van der Waals surface area contributed by atoms with Crippen molar-refractivity contribution in [3.8, 4) is 5.75 Å². The zero-order chi connectivity index (χ0) is 23.4. The number of fused-ring (bicyclic) bond motifs is 1. The summed E-state index contributed by atoms with van der Waals surface area (Å²) in [6, 6.07) is 8.39. The SMILES string of the molecule is COCOC(c1ccccn1)C1COc2c(cn(C)c2C(=O)Nc2ccc(F)c(F)c2)SN1. The predicted molar refractivity (Wildman–Crippen MR) is 118 cm³/mol. The third-order valence-electron chi connectivity index (χ3n) is 4.93. The van der Waals surface area contributed by atoms with Gasteiger partial charge in [0, 0.05) is 38.3 Å². The highest BCUT2D eigenvalue weighted by Gasteiger charge is 2.32. The van der Waals surface area contributed by atoms with Crippen LogP contribution in [0.5, 0.6) is 5.75 Å². The number of amides is 1. The lowest BCUT2D eigenvalue weighted by Gasteiger charge is -2.25. The molecule has 1 aliphatic rings. The van der Waals surface area contributed by atoms with Crippen LogP contribution in [-0.4, -0.2) is 42.0 Å². The molecule has 2 unspecified atom stereocenters. The average Bonchev–Trinajstić information content (AvgIpc) is 3.00. The van der Waals surface area contributed by atoms with Gasteiger partial charge in [0.1, 0.15) is 19.5 Å². The Hall–Kier alpha value is -2.99. The molecule has 0 radical (unpaired) electrons. The van der Waals surface area contributed by atoms with Gasteiger partial charge in [0.15, 0.2) is 23.1 Å². The highest BCUT2D eigenvalue weighted by molar-refractivity contribution is 7.97. The number of ether oxygens (including phenoxy) is 3. The summed E-state index contributed by atoms with van der Waals surface area (Å²) >= 11 is 1.30. The largest absolute Gasteiger partial charge is 0.488 e. The van der Waals surface area contributed by atoms with Crippen molar-refractivity contribution in [1.29, 1.82) is 0 Å². The average molecular weight is 477 g/mol. The molecule has 1 amide bonds. The van der Waals surface area contributed by atoms with Gasteiger partial charge in [-0.3, -0.25) is 14.5 Å². The first-order valence-electron chi connectivity index (χ1n) is 10.00. The summed E-state index contributed by atoms with van der Waals surface area (Å²) in [5, 5.41) is 2.58. The Bertz CT molecular complexity index is 1130. The van der Waals surface area contributed by atoms with Crippen LogP contribution in [0.4, 0.5) is 14.5 Å². The summed E-state index contributed by atoms with van der Waals surface area (Å²) in [6.07, 6.45) is 2.97. The fourth-order valence-corrected chi connectivity index (χ4v) is 4.33. The number of benzene rings is 1. The maximum Gasteiger partial charge on any atom is 0.276 e. The number of methoxy groups -OCH3 is 1. The monoisotopic (exact) mass is 476 g/mol. The quantitative estimate of drug-likeness (QED) is 0.398. The van der Waals surface area contributed by atoms with E-state index in [1.54, 1.807) is 24.0 Å². The maximum atomic E-state index is 13.5. The molecule has 33 heavy (non-hydrogen) atoms. The molecule has 0 spiro atoms. The topological polar surface area (TPSA) is 86.6 Å². The van der Waals surface area contributed by atoms with E-state index in [4.69, 9.17) is 14.2 Å². The number of nitrogens with one attached hydrogen (secondary N) is 2. The van der Waals surface area contributed by atoms with Gasteiger partial charge in [0.2, 0.25) is 0 Å². The summed E-state index contributed by atoms with van der Waals surface area (Å²) in [6.45, 7) is 0.251. The number of pyridine rings is 1. The molecule has 0 saturated carbocycles. The fraction of sp³-hybridized carbons (Fsp3) is 0.273. The number of rotatable bonds is 7. The van der Waals surface area contributed by atoms with Crippen LogP contribution in [0.2, 0.25) is 0 Å². The zero-order valence-corrected chi connectivity index (χ0v) is 18.7. The first kappa shape index (κ1) is 23.2. The minimum absolute atomic E-state index is 0.0695. The lowest BCUT2D eigenvalue weighted by Crippen LogP contribution is -2.37. The number of carbonyl (C=O) groups is 1. The van der Waals surface area contributed by atoms with Crippen LogP contribution in [0.1, 0.15) is 22.3 Å². The van der Waals surface area contributed by atoms with Crippen molar-refractivity contribution in [2.75, 3.05) is 25.8 Å². The Morgan fingerprint density at radius 3 is 2.94 bits per heavy atom. The van der Waals surface area contributed by atoms with E-state index in [0.717, 1.165) is 12.1 Å². The minimum atomic E-state index is -1.05. The number of aryl methyl sites for hydroxylation is 1. The van der Waals surface area contributed by atoms with Gasteiger partial charge in [-0.25, -0.2) is 8.78 Å². The third-order valence-corrected chi connectivity index (χ3v) is 5.86. The van der Waals surface area contributed by atoms with Crippen molar-refractivity contribution in [1.82, 2.24) is 14.3 Å². The number of halogens is 2. The van der Waals surface area contributed by atoms with E-state index in [1.807, 2.05) is 18.2 Å². The molecule has 2 atom stereocenters. The van der Waals surface area contributed by atoms with Gasteiger partial charge < -0.3 is 24.1 Å². The van der Waals surface area contributed by atoms with Crippen LogP contribution in [-0.2, 0) is 16.5 Å². The smallest absolute Gasteiger partial charge is 0.276 e. The van der Waals surface area contributed by atoms with Gasteiger partial charge in [0.25, 0.3) is 5.91 Å². The molecule has 0 saturated heterocycles. The first-order valence-corrected chi connectivity index (χ1v) is 10.8. The maximum absolute atomic E-state index is 13.5. The number of hydrogen-bond acceptors (Lipinski definition) is 7. The van der Waals surface area contributed by atoms with E-state index in [9.17, 15) is 13.6 Å². The van der Waals surface area contributed by atoms with E-state index < -0.39 is 23.6 Å². The Morgan fingerprint density at radius 1 is 1.36 bits per heavy atom. The fourth-order valence-electron chi connectivity index (χ4n) is 3.40. The van der Waals surface area contributed by atoms with Crippen LogP contribution in [0.25, 0.3) is 0 Å². The number of aromatic nitrogens is 2. The molecular formula is C22H22F2N4O4S. The minimum Gasteiger partial charge on any atom is -0.488 e. The lowest BCUT2D eigenvalue weighted by molar-refractivity contribution is -0.0878. The van der Waals surface area contributed by atoms with Crippen molar-refractivity contribution < 1.29 is 27.8 Å². The van der Waals surface area contributed by atoms with Crippen molar-refractivity contribution in [2.45, 2.75) is 17.0 Å². The normalized spacial score (nSPS) is 16.4. The third kappa shape index (κ3) is 5.17. The Labute approximate surface area is 193 Å². The van der Waals surface area contributed by atoms with E-state index in [2.05, 4.69) is 15.0 Å². The van der Waals surface area contributed by atoms with Crippen LogP contribution >= 0.6 is 11.9 Å². The Kier molecular flexibility index (Phi) is 7.23. The summed E-state index contributed by atoms with van der Waals surface area (Å²) < 4.78 is 48.7. The van der Waals surface area contributed by atoms with E-state index in [1.165, 1.54) is 25.1 Å². The molecule has 0 aliphatic carbocycles. The molecule has 4 rings (SSSR count). The second kappa shape index (κ2) is 10.3. The predicted octanol–water partition coefficient (Wildman–Crippen LogP) is 3.67. The van der Waals surface area contributed by atoms with E-state index in [-0.39, 0.29) is 30.8 Å². The number of carbonyl (C=O) groups excluding carboxylic acids is 1. The molecule has 0 bridgehead atoms. The molecule has 3 aromatic rings. The van der Waals surface area contributed by atoms with Crippen molar-refractivity contribution in [3.05, 3.63) is 71.8 Å². The molecule has 174 valence electrons. The van der Waals surface area contributed by atoms with Gasteiger partial charge in [-0.05, 0) is 36.2 Å². The second-order valence-corrected chi connectivity index (χ2v) is 8.13. The summed E-state index contributed by atoms with van der Waals surface area (Å²) in [5.74, 6) is -2.17. The molecule has 2 N–H and O–H groups in total. The van der Waals surface area contributed by atoms with Crippen molar-refractivity contribution >= 4 is 23.5 Å². The van der Waals surface area contributed by atoms with Crippen LogP contribution in [0, 0.1) is 11.6 Å². The highest BCUT2D eigenvalue weighted by atomic mass is 32.2.